The molecular weight excluding hydrogens is 371 g/mol. The second-order valence-electron chi connectivity index (χ2n) is 6.96. The Balaban J connectivity index is 1.90. The fourth-order valence-corrected chi connectivity index (χ4v) is 4.30. The zero-order valence-electron chi connectivity index (χ0n) is 17.1. The van der Waals surface area contributed by atoms with Crippen molar-refractivity contribution in [3.63, 3.8) is 0 Å². The van der Waals surface area contributed by atoms with E-state index in [1.807, 2.05) is 55.5 Å². The molecule has 0 radical (unpaired) electrons. The molecule has 154 valence electrons. The molecule has 2 atom stereocenters. The van der Waals surface area contributed by atoms with Gasteiger partial charge in [0.05, 0.1) is 12.7 Å². The lowest BCUT2D eigenvalue weighted by atomic mass is 10.1. The van der Waals surface area contributed by atoms with Crippen molar-refractivity contribution in [1.82, 2.24) is 0 Å². The maximum absolute atomic E-state index is 13.3. The first-order valence-electron chi connectivity index (χ1n) is 10.4. The molecular formula is C23H33O4P. The Morgan fingerprint density at radius 2 is 1.39 bits per heavy atom. The molecule has 0 spiro atoms. The van der Waals surface area contributed by atoms with Gasteiger partial charge in [0.15, 0.2) is 0 Å². The van der Waals surface area contributed by atoms with Crippen LogP contribution in [0.25, 0.3) is 0 Å². The molecule has 0 aliphatic heterocycles. The fourth-order valence-electron chi connectivity index (χ4n) is 2.90. The number of phosphoric acid groups is 1. The molecule has 2 unspecified atom stereocenters. The van der Waals surface area contributed by atoms with E-state index in [1.54, 1.807) is 12.1 Å². The first-order valence-corrected chi connectivity index (χ1v) is 11.8. The summed E-state index contributed by atoms with van der Waals surface area (Å²) < 4.78 is 30.4. The highest BCUT2D eigenvalue weighted by Gasteiger charge is 2.31. The molecule has 2 aromatic rings. The molecule has 0 amide bonds. The summed E-state index contributed by atoms with van der Waals surface area (Å²) in [5.74, 6) is 0.477. The van der Waals surface area contributed by atoms with Gasteiger partial charge in [0.2, 0.25) is 0 Å². The minimum Gasteiger partial charge on any atom is -0.404 e. The van der Waals surface area contributed by atoms with E-state index < -0.39 is 13.9 Å². The number of para-hydroxylation sites is 1. The van der Waals surface area contributed by atoms with Crippen molar-refractivity contribution in [2.45, 2.75) is 64.9 Å². The molecule has 0 saturated heterocycles. The van der Waals surface area contributed by atoms with Crippen LogP contribution in [0.2, 0.25) is 0 Å². The van der Waals surface area contributed by atoms with Crippen LogP contribution in [0.5, 0.6) is 5.75 Å². The van der Waals surface area contributed by atoms with Gasteiger partial charge in [-0.25, -0.2) is 4.57 Å². The molecule has 0 aromatic heterocycles. The molecule has 0 heterocycles. The van der Waals surface area contributed by atoms with Gasteiger partial charge in [0, 0.05) is 0 Å². The Bertz CT molecular complexity index is 690. The van der Waals surface area contributed by atoms with Gasteiger partial charge in [-0.1, -0.05) is 94.0 Å². The van der Waals surface area contributed by atoms with Crippen LogP contribution in [-0.2, 0) is 13.6 Å². The monoisotopic (exact) mass is 404 g/mol. The third-order valence-corrected chi connectivity index (χ3v) is 6.02. The third-order valence-electron chi connectivity index (χ3n) is 4.51. The maximum Gasteiger partial charge on any atom is 0.530 e. The lowest BCUT2D eigenvalue weighted by molar-refractivity contribution is 0.116. The molecule has 2 aromatic carbocycles. The summed E-state index contributed by atoms with van der Waals surface area (Å²) in [6.07, 6.45) is 7.75. The van der Waals surface area contributed by atoms with Gasteiger partial charge in [-0.15, -0.1) is 0 Å². The molecule has 0 fully saturated rings. The average molecular weight is 404 g/mol. The number of rotatable bonds is 14. The van der Waals surface area contributed by atoms with Crippen LogP contribution in [0.3, 0.4) is 0 Å². The molecule has 0 aliphatic carbocycles. The highest BCUT2D eigenvalue weighted by atomic mass is 31.2. The van der Waals surface area contributed by atoms with Crippen LogP contribution in [-0.4, -0.2) is 6.61 Å². The van der Waals surface area contributed by atoms with Crippen molar-refractivity contribution in [2.24, 2.45) is 0 Å². The predicted octanol–water partition coefficient (Wildman–Crippen LogP) is 7.72. The summed E-state index contributed by atoms with van der Waals surface area (Å²) in [5, 5.41) is 0. The van der Waals surface area contributed by atoms with E-state index in [0.717, 1.165) is 18.4 Å². The summed E-state index contributed by atoms with van der Waals surface area (Å²) in [6, 6.07) is 18.7. The second-order valence-corrected chi connectivity index (χ2v) is 8.51. The zero-order valence-corrected chi connectivity index (χ0v) is 18.0. The van der Waals surface area contributed by atoms with Crippen LogP contribution in [0.4, 0.5) is 0 Å². The second kappa shape index (κ2) is 12.8. The van der Waals surface area contributed by atoms with Gasteiger partial charge in [-0.05, 0) is 31.0 Å². The third kappa shape index (κ3) is 8.60. The standard InChI is InChI=1S/C23H33O4P/c1-3-4-5-6-7-8-15-20-25-28(24,27-23-18-13-10-14-19-23)26-21(2)22-16-11-9-12-17-22/h9-14,16-19,21H,3-8,15,20H2,1-2H3. The molecule has 4 nitrogen and oxygen atoms in total. The molecule has 0 bridgehead atoms. The molecule has 0 aliphatic rings. The van der Waals surface area contributed by atoms with Crippen LogP contribution in [0.1, 0.15) is 70.5 Å². The van der Waals surface area contributed by atoms with Gasteiger partial charge in [-0.2, -0.15) is 0 Å². The average Bonchev–Trinajstić information content (AvgIpc) is 2.71. The van der Waals surface area contributed by atoms with Crippen LogP contribution >= 0.6 is 7.82 Å². The van der Waals surface area contributed by atoms with Crippen molar-refractivity contribution in [2.75, 3.05) is 6.61 Å². The highest BCUT2D eigenvalue weighted by molar-refractivity contribution is 7.48. The topological polar surface area (TPSA) is 44.8 Å². The maximum atomic E-state index is 13.3. The quantitative estimate of drug-likeness (QED) is 0.239. The van der Waals surface area contributed by atoms with Crippen molar-refractivity contribution in [3.05, 3.63) is 66.2 Å². The Morgan fingerprint density at radius 1 is 0.821 bits per heavy atom. The number of benzene rings is 2. The van der Waals surface area contributed by atoms with E-state index in [4.69, 9.17) is 13.6 Å². The number of unbranched alkanes of at least 4 members (excludes halogenated alkanes) is 6. The van der Waals surface area contributed by atoms with Crippen molar-refractivity contribution in [1.29, 1.82) is 0 Å². The molecule has 0 saturated carbocycles. The van der Waals surface area contributed by atoms with Crippen LogP contribution in [0.15, 0.2) is 60.7 Å². The van der Waals surface area contributed by atoms with Crippen molar-refractivity contribution in [3.8, 4) is 5.75 Å². The van der Waals surface area contributed by atoms with Crippen LogP contribution in [0, 0.1) is 0 Å². The Kier molecular flexibility index (Phi) is 10.3. The van der Waals surface area contributed by atoms with Crippen LogP contribution < -0.4 is 4.52 Å². The van der Waals surface area contributed by atoms with Crippen molar-refractivity contribution >= 4 is 7.82 Å². The van der Waals surface area contributed by atoms with E-state index in [-0.39, 0.29) is 0 Å². The smallest absolute Gasteiger partial charge is 0.404 e. The van der Waals surface area contributed by atoms with E-state index in [0.29, 0.717) is 12.4 Å². The zero-order chi connectivity index (χ0) is 20.1. The summed E-state index contributed by atoms with van der Waals surface area (Å²) in [7, 11) is -3.73. The Morgan fingerprint density at radius 3 is 2.04 bits per heavy atom. The summed E-state index contributed by atoms with van der Waals surface area (Å²) >= 11 is 0. The van der Waals surface area contributed by atoms with E-state index in [2.05, 4.69) is 6.92 Å². The predicted molar refractivity (Wildman–Crippen MR) is 115 cm³/mol. The van der Waals surface area contributed by atoms with E-state index in [9.17, 15) is 4.57 Å². The van der Waals surface area contributed by atoms with Gasteiger partial charge in [-0.3, -0.25) is 9.05 Å². The normalized spacial score (nSPS) is 14.4. The molecule has 0 N–H and O–H groups in total. The first-order chi connectivity index (χ1) is 13.6. The first kappa shape index (κ1) is 22.7. The number of phosphoric ester groups is 1. The Hall–Kier alpha value is -1.61. The minimum atomic E-state index is -3.73. The lowest BCUT2D eigenvalue weighted by Crippen LogP contribution is -2.07. The molecule has 5 heteroatoms. The van der Waals surface area contributed by atoms with Gasteiger partial charge >= 0.3 is 7.82 Å². The largest absolute Gasteiger partial charge is 0.530 e. The SMILES string of the molecule is CCCCCCCCCOP(=O)(Oc1ccccc1)OC(C)c1ccccc1. The fraction of sp³-hybridized carbons (Fsp3) is 0.478. The van der Waals surface area contributed by atoms with E-state index in [1.165, 1.54) is 32.1 Å². The summed E-state index contributed by atoms with van der Waals surface area (Å²) in [5.41, 5.74) is 0.930. The Labute approximate surface area is 169 Å². The highest BCUT2D eigenvalue weighted by Crippen LogP contribution is 2.53. The van der Waals surface area contributed by atoms with Crippen molar-refractivity contribution < 1.29 is 18.1 Å². The minimum absolute atomic E-state index is 0.361. The molecule has 2 rings (SSSR count). The van der Waals surface area contributed by atoms with Gasteiger partial charge in [0.1, 0.15) is 5.75 Å². The molecule has 28 heavy (non-hydrogen) atoms. The van der Waals surface area contributed by atoms with Gasteiger partial charge < -0.3 is 4.52 Å². The number of hydrogen-bond donors (Lipinski definition) is 0. The van der Waals surface area contributed by atoms with Gasteiger partial charge in [0.25, 0.3) is 0 Å². The summed E-state index contributed by atoms with van der Waals surface area (Å²) in [4.78, 5) is 0. The number of hydrogen-bond acceptors (Lipinski definition) is 4. The van der Waals surface area contributed by atoms with E-state index >= 15 is 0 Å². The lowest BCUT2D eigenvalue weighted by Gasteiger charge is -2.22. The summed E-state index contributed by atoms with van der Waals surface area (Å²) in [6.45, 7) is 4.43.